The molecule has 2 heteroatoms. The maximum Gasteiger partial charge on any atom is 0.116 e. The van der Waals surface area contributed by atoms with Gasteiger partial charge in [-0.25, -0.2) is 0 Å². The quantitative estimate of drug-likeness (QED) is 0.796. The minimum Gasteiger partial charge on any atom is -0.508 e. The second-order valence-electron chi connectivity index (χ2n) is 5.13. The Balaban J connectivity index is 2.23. The van der Waals surface area contributed by atoms with Crippen molar-refractivity contribution in [3.05, 3.63) is 29.3 Å². The lowest BCUT2D eigenvalue weighted by molar-refractivity contribution is 0.472. The third-order valence-corrected chi connectivity index (χ3v) is 3.11. The average Bonchev–Trinajstić information content (AvgIpc) is 2.81. The van der Waals surface area contributed by atoms with Gasteiger partial charge in [0.1, 0.15) is 5.75 Å². The fraction of sp³-hybridized carbons (Fsp3) is 0.538. The first-order valence-corrected chi connectivity index (χ1v) is 5.60. The molecule has 0 saturated heterocycles. The van der Waals surface area contributed by atoms with Crippen LogP contribution in [-0.4, -0.2) is 10.6 Å². The van der Waals surface area contributed by atoms with E-state index in [-0.39, 0.29) is 5.54 Å². The van der Waals surface area contributed by atoms with Gasteiger partial charge in [-0.15, -0.1) is 0 Å². The highest BCUT2D eigenvalue weighted by Gasteiger charge is 2.38. The first-order valence-electron chi connectivity index (χ1n) is 5.60. The molecule has 0 aliphatic heterocycles. The van der Waals surface area contributed by atoms with Gasteiger partial charge in [0, 0.05) is 5.54 Å². The lowest BCUT2D eigenvalue weighted by atomic mass is 9.97. The van der Waals surface area contributed by atoms with E-state index < -0.39 is 0 Å². The normalized spacial score (nSPS) is 18.1. The first-order chi connectivity index (χ1) is 6.98. The largest absolute Gasteiger partial charge is 0.508 e. The molecule has 3 N–H and O–H groups in total. The zero-order chi connectivity index (χ0) is 11.1. The summed E-state index contributed by atoms with van der Waals surface area (Å²) in [6.45, 7) is 4.27. The van der Waals surface area contributed by atoms with Crippen LogP contribution in [0, 0.1) is 0 Å². The molecule has 1 aliphatic carbocycles. The smallest absolute Gasteiger partial charge is 0.116 e. The predicted molar refractivity (Wildman–Crippen MR) is 62.1 cm³/mol. The number of rotatable bonds is 3. The van der Waals surface area contributed by atoms with Crippen molar-refractivity contribution in [1.29, 1.82) is 0 Å². The van der Waals surface area contributed by atoms with E-state index in [1.807, 2.05) is 12.1 Å². The lowest BCUT2D eigenvalue weighted by Crippen LogP contribution is -2.24. The van der Waals surface area contributed by atoms with Crippen molar-refractivity contribution in [3.8, 4) is 5.75 Å². The van der Waals surface area contributed by atoms with Gasteiger partial charge >= 0.3 is 0 Å². The van der Waals surface area contributed by atoms with Gasteiger partial charge in [0.2, 0.25) is 0 Å². The Morgan fingerprint density at radius 1 is 1.33 bits per heavy atom. The third kappa shape index (κ3) is 2.51. The number of hydrogen-bond acceptors (Lipinski definition) is 2. The molecule has 0 atom stereocenters. The predicted octanol–water partition coefficient (Wildman–Crippen LogP) is 2.55. The molecular weight excluding hydrogens is 186 g/mol. The summed E-state index contributed by atoms with van der Waals surface area (Å²) in [6.07, 6.45) is 3.11. The molecule has 0 spiro atoms. The van der Waals surface area contributed by atoms with Crippen LogP contribution in [-0.2, 0) is 6.42 Å². The van der Waals surface area contributed by atoms with E-state index in [2.05, 4.69) is 19.9 Å². The summed E-state index contributed by atoms with van der Waals surface area (Å²) in [6, 6.07) is 5.83. The topological polar surface area (TPSA) is 46.2 Å². The van der Waals surface area contributed by atoms with Crippen molar-refractivity contribution in [2.45, 2.75) is 44.6 Å². The molecule has 1 aliphatic rings. The summed E-state index contributed by atoms with van der Waals surface area (Å²) in [5, 5.41) is 9.62. The zero-order valence-corrected chi connectivity index (χ0v) is 9.46. The van der Waals surface area contributed by atoms with E-state index in [1.165, 1.54) is 11.1 Å². The van der Waals surface area contributed by atoms with Crippen molar-refractivity contribution >= 4 is 0 Å². The Bertz CT molecular complexity index is 367. The van der Waals surface area contributed by atoms with E-state index in [9.17, 15) is 5.11 Å². The maximum atomic E-state index is 9.62. The lowest BCUT2D eigenvalue weighted by Gasteiger charge is -2.12. The van der Waals surface area contributed by atoms with Gasteiger partial charge < -0.3 is 10.8 Å². The second kappa shape index (κ2) is 3.53. The van der Waals surface area contributed by atoms with Gasteiger partial charge in [-0.2, -0.15) is 0 Å². The Morgan fingerprint density at radius 3 is 2.53 bits per heavy atom. The Kier molecular flexibility index (Phi) is 2.47. The summed E-state index contributed by atoms with van der Waals surface area (Å²) >= 11 is 0. The van der Waals surface area contributed by atoms with Crippen LogP contribution in [0.2, 0.25) is 0 Å². The zero-order valence-electron chi connectivity index (χ0n) is 9.46. The van der Waals surface area contributed by atoms with Crippen molar-refractivity contribution in [2.24, 2.45) is 5.73 Å². The van der Waals surface area contributed by atoms with Crippen LogP contribution >= 0.6 is 0 Å². The maximum absolute atomic E-state index is 9.62. The number of nitrogens with two attached hydrogens (primary N) is 1. The molecule has 1 saturated carbocycles. The van der Waals surface area contributed by atoms with Crippen LogP contribution in [0.25, 0.3) is 0 Å². The van der Waals surface area contributed by atoms with Crippen LogP contribution in [0.15, 0.2) is 18.2 Å². The molecule has 1 aromatic carbocycles. The summed E-state index contributed by atoms with van der Waals surface area (Å²) < 4.78 is 0. The summed E-state index contributed by atoms with van der Waals surface area (Å²) in [5.41, 5.74) is 8.44. The van der Waals surface area contributed by atoms with Crippen LogP contribution in [0.3, 0.4) is 0 Å². The summed E-state index contributed by atoms with van der Waals surface area (Å²) in [7, 11) is 0. The molecule has 0 bridgehead atoms. The molecule has 1 aromatic rings. The first kappa shape index (κ1) is 10.5. The number of hydrogen-bond donors (Lipinski definition) is 2. The number of aromatic hydroxyl groups is 1. The highest BCUT2D eigenvalue weighted by molar-refractivity contribution is 5.36. The molecule has 82 valence electrons. The number of phenols is 1. The van der Waals surface area contributed by atoms with Crippen LogP contribution < -0.4 is 5.73 Å². The molecule has 15 heavy (non-hydrogen) atoms. The van der Waals surface area contributed by atoms with E-state index >= 15 is 0 Å². The average molecular weight is 205 g/mol. The van der Waals surface area contributed by atoms with Gasteiger partial charge in [-0.05, 0) is 48.4 Å². The fourth-order valence-corrected chi connectivity index (χ4v) is 1.88. The molecule has 0 radical (unpaired) electrons. The van der Waals surface area contributed by atoms with Crippen molar-refractivity contribution in [3.63, 3.8) is 0 Å². The number of benzene rings is 1. The molecule has 1 fully saturated rings. The van der Waals surface area contributed by atoms with Crippen LogP contribution in [0.4, 0.5) is 0 Å². The highest BCUT2D eigenvalue weighted by Crippen LogP contribution is 2.36. The van der Waals surface area contributed by atoms with E-state index in [1.54, 1.807) is 0 Å². The highest BCUT2D eigenvalue weighted by atomic mass is 16.3. The summed E-state index contributed by atoms with van der Waals surface area (Å²) in [4.78, 5) is 0. The Morgan fingerprint density at radius 2 is 2.00 bits per heavy atom. The van der Waals surface area contributed by atoms with Crippen molar-refractivity contribution in [1.82, 2.24) is 0 Å². The van der Waals surface area contributed by atoms with Gasteiger partial charge in [0.05, 0.1) is 0 Å². The third-order valence-electron chi connectivity index (χ3n) is 3.11. The molecular formula is C13H19NO. The van der Waals surface area contributed by atoms with Gasteiger partial charge in [0.25, 0.3) is 0 Å². The van der Waals surface area contributed by atoms with Gasteiger partial charge in [-0.1, -0.05) is 19.9 Å². The SMILES string of the molecule is CC(C)c1cc(O)cc(CC2(N)CC2)c1. The Labute approximate surface area is 91.1 Å². The molecule has 0 aromatic heterocycles. The van der Waals surface area contributed by atoms with Gasteiger partial charge in [0.15, 0.2) is 0 Å². The number of phenolic OH excluding ortho intramolecular Hbond substituents is 1. The molecule has 0 amide bonds. The monoisotopic (exact) mass is 205 g/mol. The molecule has 0 heterocycles. The van der Waals surface area contributed by atoms with E-state index in [4.69, 9.17) is 5.73 Å². The van der Waals surface area contributed by atoms with Crippen molar-refractivity contribution in [2.75, 3.05) is 0 Å². The Hall–Kier alpha value is -1.02. The molecule has 2 rings (SSSR count). The minimum atomic E-state index is 0.0159. The van der Waals surface area contributed by atoms with Crippen LogP contribution in [0.5, 0.6) is 5.75 Å². The molecule has 2 nitrogen and oxygen atoms in total. The summed E-state index contributed by atoms with van der Waals surface area (Å²) in [5.74, 6) is 0.809. The standard InChI is InChI=1S/C13H19NO/c1-9(2)11-5-10(6-12(15)7-11)8-13(14)3-4-13/h5-7,9,15H,3-4,8,14H2,1-2H3. The van der Waals surface area contributed by atoms with E-state index in [0.29, 0.717) is 11.7 Å². The molecule has 0 unspecified atom stereocenters. The van der Waals surface area contributed by atoms with Crippen molar-refractivity contribution < 1.29 is 5.11 Å². The second-order valence-corrected chi connectivity index (χ2v) is 5.13. The van der Waals surface area contributed by atoms with Crippen LogP contribution in [0.1, 0.15) is 43.7 Å². The van der Waals surface area contributed by atoms with Gasteiger partial charge in [-0.3, -0.25) is 0 Å². The fourth-order valence-electron chi connectivity index (χ4n) is 1.88. The minimum absolute atomic E-state index is 0.0159. The van der Waals surface area contributed by atoms with E-state index in [0.717, 1.165) is 19.3 Å².